The van der Waals surface area contributed by atoms with Crippen molar-refractivity contribution in [3.8, 4) is 0 Å². The topological polar surface area (TPSA) is 55.1 Å². The number of carbonyl (C=O) groups is 1. The molecule has 0 bridgehead atoms. The van der Waals surface area contributed by atoms with Crippen LogP contribution < -0.4 is 0 Å². The van der Waals surface area contributed by atoms with Crippen LogP contribution in [-0.2, 0) is 11.8 Å². The first-order chi connectivity index (χ1) is 11.8. The lowest BCUT2D eigenvalue weighted by Gasteiger charge is -2.05. The highest BCUT2D eigenvalue weighted by Crippen LogP contribution is 2.18. The summed E-state index contributed by atoms with van der Waals surface area (Å²) in [6.45, 7) is 8.45. The predicted molar refractivity (Wildman–Crippen MR) is 104 cm³/mol. The maximum atomic E-state index is 11.1. The Morgan fingerprint density at radius 1 is 1.08 bits per heavy atom. The van der Waals surface area contributed by atoms with Gasteiger partial charge >= 0.3 is 5.97 Å². The van der Waals surface area contributed by atoms with Crippen LogP contribution in [0, 0.1) is 0 Å². The third-order valence-electron chi connectivity index (χ3n) is 3.88. The minimum atomic E-state index is -0.961. The molecule has 0 saturated carbocycles. The van der Waals surface area contributed by atoms with Crippen LogP contribution in [0.15, 0.2) is 53.4 Å². The van der Waals surface area contributed by atoms with Crippen LogP contribution in [0.5, 0.6) is 0 Å². The number of aromatic nitrogens is 2. The molecule has 1 rings (SSSR count). The first kappa shape index (κ1) is 20.7. The second-order valence-electron chi connectivity index (χ2n) is 6.70. The second-order valence-corrected chi connectivity index (χ2v) is 6.70. The van der Waals surface area contributed by atoms with E-state index in [0.717, 1.165) is 31.3 Å². The molecule has 0 aliphatic heterocycles. The molecule has 0 spiro atoms. The summed E-state index contributed by atoms with van der Waals surface area (Å²) >= 11 is 0. The summed E-state index contributed by atoms with van der Waals surface area (Å²) in [6.07, 6.45) is 15.2. The third kappa shape index (κ3) is 8.34. The Morgan fingerprint density at radius 3 is 2.28 bits per heavy atom. The number of aliphatic carboxylic acids is 1. The van der Waals surface area contributed by atoms with Gasteiger partial charge in [0.05, 0.1) is 0 Å². The summed E-state index contributed by atoms with van der Waals surface area (Å²) in [5.74, 6) is -0.299. The summed E-state index contributed by atoms with van der Waals surface area (Å²) < 4.78 is 1.83. The van der Waals surface area contributed by atoms with Crippen molar-refractivity contribution in [2.24, 2.45) is 7.05 Å². The minimum absolute atomic E-state index is 0.627. The van der Waals surface area contributed by atoms with E-state index in [4.69, 9.17) is 5.11 Å². The van der Waals surface area contributed by atoms with Crippen molar-refractivity contribution in [2.45, 2.75) is 53.4 Å². The van der Waals surface area contributed by atoms with Gasteiger partial charge in [-0.05, 0) is 53.4 Å². The molecule has 0 aromatic carbocycles. The first-order valence-corrected chi connectivity index (χ1v) is 8.68. The highest BCUT2D eigenvalue weighted by molar-refractivity contribution is 5.92. The molecule has 1 aromatic rings. The molecular weight excluding hydrogens is 312 g/mol. The van der Waals surface area contributed by atoms with Crippen molar-refractivity contribution in [1.29, 1.82) is 0 Å². The lowest BCUT2D eigenvalue weighted by Crippen LogP contribution is -1.99. The second kappa shape index (κ2) is 10.5. The number of carboxylic acids is 1. The number of nitrogens with zero attached hydrogens (tertiary/aromatic N) is 2. The van der Waals surface area contributed by atoms with E-state index in [2.05, 4.69) is 37.9 Å². The Labute approximate surface area is 151 Å². The maximum absolute atomic E-state index is 11.1. The van der Waals surface area contributed by atoms with Crippen LogP contribution in [0.3, 0.4) is 0 Å². The molecule has 1 N–H and O–H groups in total. The zero-order valence-electron chi connectivity index (χ0n) is 16.0. The van der Waals surface area contributed by atoms with Gasteiger partial charge in [0.25, 0.3) is 0 Å². The zero-order chi connectivity index (χ0) is 18.8. The first-order valence-electron chi connectivity index (χ1n) is 8.68. The van der Waals surface area contributed by atoms with Crippen LogP contribution >= 0.6 is 0 Å². The Kier molecular flexibility index (Phi) is 8.68. The van der Waals surface area contributed by atoms with Crippen LogP contribution in [0.25, 0.3) is 5.57 Å². The summed E-state index contributed by atoms with van der Waals surface area (Å²) in [5.41, 5.74) is 4.53. The zero-order valence-corrected chi connectivity index (χ0v) is 16.0. The highest BCUT2D eigenvalue weighted by Gasteiger charge is 2.07. The van der Waals surface area contributed by atoms with Gasteiger partial charge in [-0.3, -0.25) is 0 Å². The number of carboxylic acid groups (broad SMARTS) is 1. The summed E-state index contributed by atoms with van der Waals surface area (Å²) in [4.78, 5) is 15.3. The Hall–Kier alpha value is -2.36. The van der Waals surface area contributed by atoms with Gasteiger partial charge in [0.15, 0.2) is 0 Å². The molecule has 1 heterocycles. The van der Waals surface area contributed by atoms with Crippen molar-refractivity contribution in [1.82, 2.24) is 9.55 Å². The Balaban J connectivity index is 2.70. The SMILES string of the molecule is CC(C)=CCCC(C)=CCCC(C)=CC(=CC(=O)O)c1nccn1C. The molecule has 25 heavy (non-hydrogen) atoms. The van der Waals surface area contributed by atoms with E-state index in [1.807, 2.05) is 30.8 Å². The van der Waals surface area contributed by atoms with Gasteiger partial charge in [0.2, 0.25) is 0 Å². The van der Waals surface area contributed by atoms with E-state index in [1.54, 1.807) is 6.20 Å². The third-order valence-corrected chi connectivity index (χ3v) is 3.88. The maximum Gasteiger partial charge on any atom is 0.329 e. The fourth-order valence-electron chi connectivity index (χ4n) is 2.52. The quantitative estimate of drug-likeness (QED) is 0.376. The molecule has 0 atom stereocenters. The van der Waals surface area contributed by atoms with Crippen molar-refractivity contribution >= 4 is 11.5 Å². The monoisotopic (exact) mass is 342 g/mol. The van der Waals surface area contributed by atoms with Crippen LogP contribution in [0.1, 0.15) is 59.2 Å². The fourth-order valence-corrected chi connectivity index (χ4v) is 2.52. The molecule has 4 nitrogen and oxygen atoms in total. The van der Waals surface area contributed by atoms with Gasteiger partial charge in [-0.2, -0.15) is 0 Å². The minimum Gasteiger partial charge on any atom is -0.478 e. The van der Waals surface area contributed by atoms with Crippen molar-refractivity contribution in [3.63, 3.8) is 0 Å². The highest BCUT2D eigenvalue weighted by atomic mass is 16.4. The molecule has 0 radical (unpaired) electrons. The molecule has 136 valence electrons. The predicted octanol–water partition coefficient (Wildman–Crippen LogP) is 5.31. The normalized spacial score (nSPS) is 13.1. The van der Waals surface area contributed by atoms with Gasteiger partial charge in [-0.1, -0.05) is 34.9 Å². The lowest BCUT2D eigenvalue weighted by atomic mass is 10.0. The van der Waals surface area contributed by atoms with E-state index in [-0.39, 0.29) is 0 Å². The molecular formula is C21H30N2O2. The fraction of sp³-hybridized carbons (Fsp3) is 0.429. The van der Waals surface area contributed by atoms with Gasteiger partial charge in [0.1, 0.15) is 5.82 Å². The van der Waals surface area contributed by atoms with E-state index < -0.39 is 5.97 Å². The van der Waals surface area contributed by atoms with Gasteiger partial charge in [-0.25, -0.2) is 9.78 Å². The van der Waals surface area contributed by atoms with E-state index in [1.165, 1.54) is 17.2 Å². The molecule has 1 aromatic heterocycles. The van der Waals surface area contributed by atoms with Gasteiger partial charge in [0, 0.05) is 31.1 Å². The number of hydrogen-bond acceptors (Lipinski definition) is 2. The number of imidazole rings is 1. The number of hydrogen-bond donors (Lipinski definition) is 1. The summed E-state index contributed by atoms with van der Waals surface area (Å²) in [6, 6.07) is 0. The smallest absolute Gasteiger partial charge is 0.329 e. The van der Waals surface area contributed by atoms with E-state index >= 15 is 0 Å². The Morgan fingerprint density at radius 2 is 1.72 bits per heavy atom. The standard InChI is InChI=1S/C21H30N2O2/c1-16(2)8-6-9-17(3)10-7-11-18(4)14-19(15-20(24)25)21-22-12-13-23(21)5/h8,10,12-15H,6-7,9,11H2,1-5H3,(H,24,25). The Bertz CT molecular complexity index is 699. The van der Waals surface area contributed by atoms with Gasteiger partial charge < -0.3 is 9.67 Å². The lowest BCUT2D eigenvalue weighted by molar-refractivity contribution is -0.131. The van der Waals surface area contributed by atoms with E-state index in [9.17, 15) is 4.79 Å². The summed E-state index contributed by atoms with van der Waals surface area (Å²) in [7, 11) is 1.86. The van der Waals surface area contributed by atoms with Crippen molar-refractivity contribution < 1.29 is 9.90 Å². The number of rotatable bonds is 9. The molecule has 4 heteroatoms. The molecule has 0 amide bonds. The van der Waals surface area contributed by atoms with Crippen LogP contribution in [-0.4, -0.2) is 20.6 Å². The molecule has 0 aliphatic carbocycles. The summed E-state index contributed by atoms with van der Waals surface area (Å²) in [5, 5.41) is 9.10. The largest absolute Gasteiger partial charge is 0.478 e. The van der Waals surface area contributed by atoms with Crippen LogP contribution in [0.2, 0.25) is 0 Å². The van der Waals surface area contributed by atoms with E-state index in [0.29, 0.717) is 11.4 Å². The average molecular weight is 342 g/mol. The number of aryl methyl sites for hydroxylation is 1. The van der Waals surface area contributed by atoms with Crippen molar-refractivity contribution in [2.75, 3.05) is 0 Å². The van der Waals surface area contributed by atoms with Gasteiger partial charge in [-0.15, -0.1) is 0 Å². The average Bonchev–Trinajstić information content (AvgIpc) is 2.91. The molecule has 0 saturated heterocycles. The molecule has 0 fully saturated rings. The van der Waals surface area contributed by atoms with Crippen molar-refractivity contribution in [3.05, 3.63) is 59.2 Å². The molecule has 0 unspecified atom stereocenters. The van der Waals surface area contributed by atoms with Crippen LogP contribution in [0.4, 0.5) is 0 Å². The molecule has 0 aliphatic rings. The number of allylic oxidation sites excluding steroid dienone is 7.